The van der Waals surface area contributed by atoms with Crippen molar-refractivity contribution in [1.29, 1.82) is 0 Å². The summed E-state index contributed by atoms with van der Waals surface area (Å²) in [5.74, 6) is -0.763. The van der Waals surface area contributed by atoms with Crippen LogP contribution in [0.15, 0.2) is 41.3 Å². The number of hydrogen-bond acceptors (Lipinski definition) is 6. The van der Waals surface area contributed by atoms with Crippen LogP contribution in [-0.4, -0.2) is 41.1 Å². The Labute approximate surface area is 163 Å². The first-order valence-corrected chi connectivity index (χ1v) is 9.93. The van der Waals surface area contributed by atoms with Crippen LogP contribution in [0.4, 0.5) is 5.69 Å². The molecule has 0 atom stereocenters. The number of carbonyl (C=O) groups excluding carboxylic acids is 2. The second-order valence-corrected chi connectivity index (χ2v) is 7.43. The SMILES string of the molecule is CCOC(=O)c1cccc(NS(=O)(=O)c2ccc(OC)c(C(=O)NC)c2)c1C. The van der Waals surface area contributed by atoms with Crippen molar-refractivity contribution < 1.29 is 27.5 Å². The van der Waals surface area contributed by atoms with E-state index < -0.39 is 21.9 Å². The van der Waals surface area contributed by atoms with Crippen LogP contribution in [-0.2, 0) is 14.8 Å². The topological polar surface area (TPSA) is 111 Å². The van der Waals surface area contributed by atoms with E-state index in [0.717, 1.165) is 0 Å². The van der Waals surface area contributed by atoms with Gasteiger partial charge in [-0.1, -0.05) is 6.07 Å². The van der Waals surface area contributed by atoms with Gasteiger partial charge >= 0.3 is 5.97 Å². The smallest absolute Gasteiger partial charge is 0.338 e. The van der Waals surface area contributed by atoms with Gasteiger partial charge in [0.05, 0.1) is 35.4 Å². The van der Waals surface area contributed by atoms with Crippen molar-refractivity contribution in [2.45, 2.75) is 18.7 Å². The van der Waals surface area contributed by atoms with Crippen LogP contribution < -0.4 is 14.8 Å². The van der Waals surface area contributed by atoms with Gasteiger partial charge in [-0.05, 0) is 49.7 Å². The van der Waals surface area contributed by atoms with E-state index in [1.54, 1.807) is 32.0 Å². The molecule has 0 aliphatic rings. The molecule has 150 valence electrons. The number of amides is 1. The Balaban J connectivity index is 2.43. The molecule has 0 saturated carbocycles. The van der Waals surface area contributed by atoms with Crippen molar-refractivity contribution in [3.05, 3.63) is 53.1 Å². The zero-order valence-electron chi connectivity index (χ0n) is 16.0. The van der Waals surface area contributed by atoms with E-state index in [2.05, 4.69) is 10.0 Å². The minimum Gasteiger partial charge on any atom is -0.496 e. The Hall–Kier alpha value is -3.07. The Bertz CT molecular complexity index is 1000. The first kappa shape index (κ1) is 21.2. The summed E-state index contributed by atoms with van der Waals surface area (Å²) >= 11 is 0. The standard InChI is InChI=1S/C19H22N2O6S/c1-5-27-19(23)14-7-6-8-16(12(14)2)21-28(24,25)13-9-10-17(26-4)15(11-13)18(22)20-3/h6-11,21H,5H2,1-4H3,(H,20,22). The molecule has 2 rings (SSSR count). The summed E-state index contributed by atoms with van der Waals surface area (Å²) < 4.78 is 38.2. The average Bonchev–Trinajstić information content (AvgIpc) is 2.68. The van der Waals surface area contributed by atoms with E-state index >= 15 is 0 Å². The maximum atomic E-state index is 12.8. The highest BCUT2D eigenvalue weighted by atomic mass is 32.2. The van der Waals surface area contributed by atoms with Gasteiger partial charge in [0, 0.05) is 7.05 Å². The number of benzene rings is 2. The molecule has 8 nitrogen and oxygen atoms in total. The fraction of sp³-hybridized carbons (Fsp3) is 0.263. The molecule has 0 aromatic heterocycles. The van der Waals surface area contributed by atoms with Crippen LogP contribution >= 0.6 is 0 Å². The molecule has 0 aliphatic carbocycles. The molecule has 0 radical (unpaired) electrons. The van der Waals surface area contributed by atoms with Crippen molar-refractivity contribution in [3.8, 4) is 5.75 Å². The Morgan fingerprint density at radius 2 is 1.82 bits per heavy atom. The molecule has 0 bridgehead atoms. The second kappa shape index (κ2) is 8.75. The maximum Gasteiger partial charge on any atom is 0.338 e. The lowest BCUT2D eigenvalue weighted by molar-refractivity contribution is 0.0525. The summed E-state index contributed by atoms with van der Waals surface area (Å²) in [4.78, 5) is 23.9. The van der Waals surface area contributed by atoms with E-state index in [0.29, 0.717) is 5.56 Å². The second-order valence-electron chi connectivity index (χ2n) is 5.75. The summed E-state index contributed by atoms with van der Waals surface area (Å²) in [5.41, 5.74) is 1.03. The molecule has 2 aromatic rings. The Kier molecular flexibility index (Phi) is 6.63. The highest BCUT2D eigenvalue weighted by Gasteiger charge is 2.21. The first-order chi connectivity index (χ1) is 13.2. The van der Waals surface area contributed by atoms with Gasteiger partial charge in [-0.2, -0.15) is 0 Å². The van der Waals surface area contributed by atoms with Crippen molar-refractivity contribution in [2.75, 3.05) is 25.5 Å². The van der Waals surface area contributed by atoms with E-state index in [1.165, 1.54) is 32.4 Å². The van der Waals surface area contributed by atoms with Gasteiger partial charge in [0.1, 0.15) is 5.75 Å². The van der Waals surface area contributed by atoms with Crippen LogP contribution in [0.1, 0.15) is 33.2 Å². The molecule has 0 unspecified atom stereocenters. The van der Waals surface area contributed by atoms with Gasteiger partial charge in [-0.3, -0.25) is 9.52 Å². The predicted octanol–water partition coefficient (Wildman–Crippen LogP) is 2.34. The number of rotatable bonds is 7. The zero-order chi connectivity index (χ0) is 20.9. The summed E-state index contributed by atoms with van der Waals surface area (Å²) in [7, 11) is -1.19. The van der Waals surface area contributed by atoms with Crippen molar-refractivity contribution >= 4 is 27.6 Å². The van der Waals surface area contributed by atoms with Gasteiger partial charge in [0.15, 0.2) is 0 Å². The van der Waals surface area contributed by atoms with Gasteiger partial charge in [0.25, 0.3) is 15.9 Å². The summed E-state index contributed by atoms with van der Waals surface area (Å²) in [6.07, 6.45) is 0. The molecule has 1 amide bonds. The third kappa shape index (κ3) is 4.42. The molecule has 2 aromatic carbocycles. The number of methoxy groups -OCH3 is 1. The number of nitrogens with one attached hydrogen (secondary N) is 2. The van der Waals surface area contributed by atoms with Crippen LogP contribution in [0.2, 0.25) is 0 Å². The third-order valence-electron chi connectivity index (χ3n) is 4.03. The van der Waals surface area contributed by atoms with Gasteiger partial charge in [0.2, 0.25) is 0 Å². The van der Waals surface area contributed by atoms with E-state index in [1.807, 2.05) is 0 Å². The summed E-state index contributed by atoms with van der Waals surface area (Å²) in [6.45, 7) is 3.52. The molecular weight excluding hydrogens is 384 g/mol. The lowest BCUT2D eigenvalue weighted by atomic mass is 10.1. The largest absolute Gasteiger partial charge is 0.496 e. The van der Waals surface area contributed by atoms with Crippen LogP contribution in [0, 0.1) is 6.92 Å². The van der Waals surface area contributed by atoms with E-state index in [-0.39, 0.29) is 34.1 Å². The summed E-state index contributed by atoms with van der Waals surface area (Å²) in [6, 6.07) is 8.62. The highest BCUT2D eigenvalue weighted by Crippen LogP contribution is 2.26. The molecule has 2 N–H and O–H groups in total. The molecule has 0 spiro atoms. The normalized spacial score (nSPS) is 10.9. The molecule has 0 saturated heterocycles. The lowest BCUT2D eigenvalue weighted by Gasteiger charge is -2.14. The van der Waals surface area contributed by atoms with E-state index in [9.17, 15) is 18.0 Å². The molecule has 9 heteroatoms. The average molecular weight is 406 g/mol. The fourth-order valence-electron chi connectivity index (χ4n) is 2.55. The minimum absolute atomic E-state index is 0.0878. The minimum atomic E-state index is -4.02. The van der Waals surface area contributed by atoms with Gasteiger partial charge in [-0.25, -0.2) is 13.2 Å². The van der Waals surface area contributed by atoms with Crippen molar-refractivity contribution in [1.82, 2.24) is 5.32 Å². The molecule has 0 heterocycles. The zero-order valence-corrected chi connectivity index (χ0v) is 16.8. The van der Waals surface area contributed by atoms with Gasteiger partial charge < -0.3 is 14.8 Å². The number of sulfonamides is 1. The molecule has 0 fully saturated rings. The van der Waals surface area contributed by atoms with Crippen molar-refractivity contribution in [2.24, 2.45) is 0 Å². The third-order valence-corrected chi connectivity index (χ3v) is 5.39. The van der Waals surface area contributed by atoms with Crippen LogP contribution in [0.5, 0.6) is 5.75 Å². The van der Waals surface area contributed by atoms with Crippen LogP contribution in [0.25, 0.3) is 0 Å². The number of ether oxygens (including phenoxy) is 2. The Morgan fingerprint density at radius 3 is 2.43 bits per heavy atom. The maximum absolute atomic E-state index is 12.8. The van der Waals surface area contributed by atoms with Crippen LogP contribution in [0.3, 0.4) is 0 Å². The number of esters is 1. The predicted molar refractivity (Wildman–Crippen MR) is 104 cm³/mol. The molecule has 28 heavy (non-hydrogen) atoms. The fourth-order valence-corrected chi connectivity index (χ4v) is 3.69. The monoisotopic (exact) mass is 406 g/mol. The number of hydrogen-bond donors (Lipinski definition) is 2. The lowest BCUT2D eigenvalue weighted by Crippen LogP contribution is -2.20. The summed E-state index contributed by atoms with van der Waals surface area (Å²) in [5, 5.41) is 2.44. The van der Waals surface area contributed by atoms with E-state index in [4.69, 9.17) is 9.47 Å². The van der Waals surface area contributed by atoms with Crippen molar-refractivity contribution in [3.63, 3.8) is 0 Å². The highest BCUT2D eigenvalue weighted by molar-refractivity contribution is 7.92. The molecule has 0 aliphatic heterocycles. The number of carbonyl (C=O) groups is 2. The number of anilines is 1. The molecular formula is C19H22N2O6S. The Morgan fingerprint density at radius 1 is 1.11 bits per heavy atom. The van der Waals surface area contributed by atoms with Gasteiger partial charge in [-0.15, -0.1) is 0 Å². The quantitative estimate of drug-likeness (QED) is 0.683. The first-order valence-electron chi connectivity index (χ1n) is 8.44.